The molecule has 0 bridgehead atoms. The molecule has 0 spiro atoms. The molecule has 2 rings (SSSR count). The van der Waals surface area contributed by atoms with Crippen LogP contribution in [-0.4, -0.2) is 23.2 Å². The van der Waals surface area contributed by atoms with E-state index in [1.54, 1.807) is 24.5 Å². The Morgan fingerprint density at radius 2 is 2.12 bits per heavy atom. The highest BCUT2D eigenvalue weighted by Gasteiger charge is 2.02. The third-order valence-corrected chi connectivity index (χ3v) is 2.09. The molecule has 16 heavy (non-hydrogen) atoms. The Labute approximate surface area is 92.5 Å². The van der Waals surface area contributed by atoms with Gasteiger partial charge in [-0.05, 0) is 24.3 Å². The minimum atomic E-state index is -0.481. The number of H-pyrrole nitrogens is 1. The van der Waals surface area contributed by atoms with Gasteiger partial charge in [0.05, 0.1) is 7.11 Å². The van der Waals surface area contributed by atoms with Crippen molar-refractivity contribution in [2.45, 2.75) is 0 Å². The number of anilines is 1. The van der Waals surface area contributed by atoms with Gasteiger partial charge < -0.3 is 9.72 Å². The minimum absolute atomic E-state index is 0.481. The molecule has 0 unspecified atom stereocenters. The molecule has 1 heterocycles. The van der Waals surface area contributed by atoms with Crippen molar-refractivity contribution in [2.75, 3.05) is 12.4 Å². The van der Waals surface area contributed by atoms with Crippen LogP contribution in [0.4, 0.5) is 10.5 Å². The SMILES string of the molecule is COC(=O)Nc1ccc(-c2ncc[nH]2)cc1. The first-order valence-corrected chi connectivity index (χ1v) is 4.74. The summed E-state index contributed by atoms with van der Waals surface area (Å²) in [7, 11) is 1.33. The van der Waals surface area contributed by atoms with E-state index in [0.29, 0.717) is 5.69 Å². The number of nitrogens with zero attached hydrogens (tertiary/aromatic N) is 1. The molecule has 82 valence electrons. The molecule has 0 aliphatic carbocycles. The molecule has 0 aliphatic rings. The number of aromatic nitrogens is 2. The van der Waals surface area contributed by atoms with Crippen LogP contribution < -0.4 is 5.32 Å². The second kappa shape index (κ2) is 4.48. The Balaban J connectivity index is 2.14. The summed E-state index contributed by atoms with van der Waals surface area (Å²) >= 11 is 0. The first-order chi connectivity index (χ1) is 7.79. The maximum absolute atomic E-state index is 10.9. The highest BCUT2D eigenvalue weighted by Crippen LogP contribution is 2.17. The normalized spacial score (nSPS) is 9.81. The largest absolute Gasteiger partial charge is 0.453 e. The zero-order chi connectivity index (χ0) is 11.4. The molecular weight excluding hydrogens is 206 g/mol. The van der Waals surface area contributed by atoms with Crippen LogP contribution in [-0.2, 0) is 4.74 Å². The van der Waals surface area contributed by atoms with Gasteiger partial charge in [-0.15, -0.1) is 0 Å². The lowest BCUT2D eigenvalue weighted by Crippen LogP contribution is -2.10. The van der Waals surface area contributed by atoms with Crippen molar-refractivity contribution >= 4 is 11.8 Å². The van der Waals surface area contributed by atoms with Crippen LogP contribution in [0.5, 0.6) is 0 Å². The molecule has 1 aromatic carbocycles. The summed E-state index contributed by atoms with van der Waals surface area (Å²) in [6, 6.07) is 7.30. The van der Waals surface area contributed by atoms with Gasteiger partial charge in [0.15, 0.2) is 0 Å². The summed E-state index contributed by atoms with van der Waals surface area (Å²) in [6.07, 6.45) is 2.97. The van der Waals surface area contributed by atoms with Crippen molar-refractivity contribution < 1.29 is 9.53 Å². The maximum Gasteiger partial charge on any atom is 0.411 e. The summed E-state index contributed by atoms with van der Waals surface area (Å²) < 4.78 is 4.49. The number of rotatable bonds is 2. The Kier molecular flexibility index (Phi) is 2.86. The number of aromatic amines is 1. The molecule has 2 N–H and O–H groups in total. The molecule has 1 aromatic heterocycles. The van der Waals surface area contributed by atoms with Gasteiger partial charge in [0.2, 0.25) is 0 Å². The minimum Gasteiger partial charge on any atom is -0.453 e. The Morgan fingerprint density at radius 1 is 1.38 bits per heavy atom. The highest BCUT2D eigenvalue weighted by molar-refractivity contribution is 5.84. The second-order valence-electron chi connectivity index (χ2n) is 3.13. The summed E-state index contributed by atoms with van der Waals surface area (Å²) in [4.78, 5) is 18.1. The number of hydrogen-bond acceptors (Lipinski definition) is 3. The van der Waals surface area contributed by atoms with Crippen LogP contribution in [0.15, 0.2) is 36.7 Å². The first kappa shape index (κ1) is 10.2. The smallest absolute Gasteiger partial charge is 0.411 e. The standard InChI is InChI=1S/C11H11N3O2/c1-16-11(15)14-9-4-2-8(3-5-9)10-12-6-7-13-10/h2-7H,1H3,(H,12,13)(H,14,15). The van der Waals surface area contributed by atoms with Crippen molar-refractivity contribution in [3.05, 3.63) is 36.7 Å². The maximum atomic E-state index is 10.9. The molecule has 0 radical (unpaired) electrons. The molecule has 5 nitrogen and oxygen atoms in total. The average Bonchev–Trinajstić information content (AvgIpc) is 2.83. The number of amides is 1. The number of nitrogens with one attached hydrogen (secondary N) is 2. The van der Waals surface area contributed by atoms with E-state index < -0.39 is 6.09 Å². The van der Waals surface area contributed by atoms with Gasteiger partial charge in [0.1, 0.15) is 5.82 Å². The average molecular weight is 217 g/mol. The van der Waals surface area contributed by atoms with E-state index in [1.807, 2.05) is 12.1 Å². The predicted octanol–water partition coefficient (Wildman–Crippen LogP) is 2.25. The van der Waals surface area contributed by atoms with E-state index in [1.165, 1.54) is 7.11 Å². The van der Waals surface area contributed by atoms with Crippen molar-refractivity contribution in [1.82, 2.24) is 9.97 Å². The lowest BCUT2D eigenvalue weighted by atomic mass is 10.2. The molecule has 0 aliphatic heterocycles. The third-order valence-electron chi connectivity index (χ3n) is 2.09. The summed E-state index contributed by atoms with van der Waals surface area (Å²) in [5.41, 5.74) is 1.64. The van der Waals surface area contributed by atoms with E-state index in [0.717, 1.165) is 11.4 Å². The van der Waals surface area contributed by atoms with Crippen molar-refractivity contribution in [2.24, 2.45) is 0 Å². The summed E-state index contributed by atoms with van der Waals surface area (Å²) in [5, 5.41) is 2.57. The van der Waals surface area contributed by atoms with E-state index in [-0.39, 0.29) is 0 Å². The Hall–Kier alpha value is -2.30. The topological polar surface area (TPSA) is 67.0 Å². The van der Waals surface area contributed by atoms with E-state index in [9.17, 15) is 4.79 Å². The van der Waals surface area contributed by atoms with Gasteiger partial charge >= 0.3 is 6.09 Å². The van der Waals surface area contributed by atoms with Crippen LogP contribution in [0, 0.1) is 0 Å². The number of benzene rings is 1. The third kappa shape index (κ3) is 2.20. The molecule has 1 amide bonds. The number of imidazole rings is 1. The van der Waals surface area contributed by atoms with Crippen LogP contribution >= 0.6 is 0 Å². The monoisotopic (exact) mass is 217 g/mol. The fourth-order valence-electron chi connectivity index (χ4n) is 1.30. The first-order valence-electron chi connectivity index (χ1n) is 4.74. The number of carbonyl (C=O) groups excluding carboxylic acids is 1. The molecule has 0 fully saturated rings. The molecule has 2 aromatic rings. The fraction of sp³-hybridized carbons (Fsp3) is 0.0909. The number of ether oxygens (including phenoxy) is 1. The fourth-order valence-corrected chi connectivity index (χ4v) is 1.30. The van der Waals surface area contributed by atoms with Crippen LogP contribution in [0.2, 0.25) is 0 Å². The van der Waals surface area contributed by atoms with Crippen LogP contribution in [0.25, 0.3) is 11.4 Å². The Morgan fingerprint density at radius 3 is 2.69 bits per heavy atom. The van der Waals surface area contributed by atoms with Gasteiger partial charge in [-0.2, -0.15) is 0 Å². The molecule has 0 saturated heterocycles. The van der Waals surface area contributed by atoms with Crippen molar-refractivity contribution in [3.8, 4) is 11.4 Å². The van der Waals surface area contributed by atoms with Crippen molar-refractivity contribution in [1.29, 1.82) is 0 Å². The molecule has 0 saturated carbocycles. The quantitative estimate of drug-likeness (QED) is 0.810. The highest BCUT2D eigenvalue weighted by atomic mass is 16.5. The van der Waals surface area contributed by atoms with Gasteiger partial charge in [-0.25, -0.2) is 9.78 Å². The summed E-state index contributed by atoms with van der Waals surface area (Å²) in [5.74, 6) is 0.796. The predicted molar refractivity (Wildman–Crippen MR) is 60.1 cm³/mol. The van der Waals surface area contributed by atoms with Crippen molar-refractivity contribution in [3.63, 3.8) is 0 Å². The van der Waals surface area contributed by atoms with Gasteiger partial charge in [-0.3, -0.25) is 5.32 Å². The van der Waals surface area contributed by atoms with E-state index >= 15 is 0 Å². The van der Waals surface area contributed by atoms with Crippen LogP contribution in [0.1, 0.15) is 0 Å². The number of hydrogen-bond donors (Lipinski definition) is 2. The van der Waals surface area contributed by atoms with Gasteiger partial charge in [0.25, 0.3) is 0 Å². The van der Waals surface area contributed by atoms with Crippen LogP contribution in [0.3, 0.4) is 0 Å². The molecular formula is C11H11N3O2. The molecule has 0 atom stereocenters. The Bertz CT molecular complexity index is 462. The van der Waals surface area contributed by atoms with E-state index in [2.05, 4.69) is 20.0 Å². The lowest BCUT2D eigenvalue weighted by Gasteiger charge is -2.03. The molecule has 5 heteroatoms. The van der Waals surface area contributed by atoms with Gasteiger partial charge in [-0.1, -0.05) is 0 Å². The zero-order valence-corrected chi connectivity index (χ0v) is 8.73. The number of carbonyl (C=O) groups is 1. The van der Waals surface area contributed by atoms with Gasteiger partial charge in [0, 0.05) is 23.6 Å². The van der Waals surface area contributed by atoms with E-state index in [4.69, 9.17) is 0 Å². The zero-order valence-electron chi connectivity index (χ0n) is 8.73. The second-order valence-corrected chi connectivity index (χ2v) is 3.13. The lowest BCUT2D eigenvalue weighted by molar-refractivity contribution is 0.187. The number of methoxy groups -OCH3 is 1. The summed E-state index contributed by atoms with van der Waals surface area (Å²) in [6.45, 7) is 0.